The molecule has 1 aliphatic rings. The Morgan fingerprint density at radius 2 is 2.33 bits per heavy atom. The molecule has 1 rings (SSSR count). The number of hydrogen-bond acceptors (Lipinski definition) is 3. The molecule has 0 aromatic heterocycles. The lowest BCUT2D eigenvalue weighted by Crippen LogP contribution is -2.32. The van der Waals surface area contributed by atoms with Gasteiger partial charge in [0.05, 0.1) is 0 Å². The molecular formula is C7H13N3OS. The number of likely N-dealkylation sites (N-methyl/N-ethyl adjacent to an activating group) is 1. The van der Waals surface area contributed by atoms with E-state index in [0.717, 1.165) is 12.3 Å². The summed E-state index contributed by atoms with van der Waals surface area (Å²) >= 11 is 1.40. The third-order valence-electron chi connectivity index (χ3n) is 1.74. The zero-order valence-corrected chi connectivity index (χ0v) is 8.15. The minimum absolute atomic E-state index is 0.0547. The zero-order chi connectivity index (χ0) is 9.14. The van der Waals surface area contributed by atoms with Gasteiger partial charge < -0.3 is 4.90 Å². The van der Waals surface area contributed by atoms with Crippen molar-refractivity contribution in [3.8, 4) is 0 Å². The van der Waals surface area contributed by atoms with Crippen LogP contribution in [0.2, 0.25) is 0 Å². The van der Waals surface area contributed by atoms with E-state index in [0.29, 0.717) is 11.7 Å². The second kappa shape index (κ2) is 3.80. The molecule has 2 amide bonds. The lowest BCUT2D eigenvalue weighted by Gasteiger charge is -2.15. The van der Waals surface area contributed by atoms with Crippen molar-refractivity contribution in [2.45, 2.75) is 6.92 Å². The predicted molar refractivity (Wildman–Crippen MR) is 50.6 cm³/mol. The summed E-state index contributed by atoms with van der Waals surface area (Å²) in [4.78, 5) is 14.5. The number of nitrogens with zero attached hydrogens (tertiary/aromatic N) is 2. The number of thioether (sulfide) groups is 1. The summed E-state index contributed by atoms with van der Waals surface area (Å²) in [6.45, 7) is 3.36. The van der Waals surface area contributed by atoms with Crippen molar-refractivity contribution in [3.05, 3.63) is 0 Å². The Labute approximate surface area is 76.4 Å². The fraction of sp³-hybridized carbons (Fsp3) is 0.714. The van der Waals surface area contributed by atoms with Crippen molar-refractivity contribution in [1.29, 1.82) is 5.41 Å². The third kappa shape index (κ3) is 1.72. The molecule has 1 fully saturated rings. The highest BCUT2D eigenvalue weighted by molar-refractivity contribution is 8.13. The standard InChI is InChI=1S/C7H13N3OS/c1-3-12-6(8)10-5-4-9(2)7(10)11/h8H,3-5H2,1-2H3. The maximum Gasteiger partial charge on any atom is 0.325 e. The first-order chi connectivity index (χ1) is 5.66. The summed E-state index contributed by atoms with van der Waals surface area (Å²) in [5, 5.41) is 7.92. The number of rotatable bonds is 1. The molecule has 68 valence electrons. The van der Waals surface area contributed by atoms with Crippen LogP contribution in [0.1, 0.15) is 6.92 Å². The fourth-order valence-electron chi connectivity index (χ4n) is 1.05. The summed E-state index contributed by atoms with van der Waals surface area (Å²) in [5.74, 6) is 0.840. The predicted octanol–water partition coefficient (Wildman–Crippen LogP) is 1.04. The Hall–Kier alpha value is -0.710. The first-order valence-corrected chi connectivity index (χ1v) is 4.89. The van der Waals surface area contributed by atoms with E-state index < -0.39 is 0 Å². The van der Waals surface area contributed by atoms with Gasteiger partial charge in [-0.3, -0.25) is 10.3 Å². The summed E-state index contributed by atoms with van der Waals surface area (Å²) in [7, 11) is 1.76. The molecule has 0 saturated carbocycles. The average Bonchev–Trinajstić information content (AvgIpc) is 2.34. The van der Waals surface area contributed by atoms with Crippen LogP contribution in [-0.2, 0) is 0 Å². The van der Waals surface area contributed by atoms with Gasteiger partial charge in [-0.1, -0.05) is 18.7 Å². The van der Waals surface area contributed by atoms with Gasteiger partial charge in [0.25, 0.3) is 0 Å². The quantitative estimate of drug-likeness (QED) is 0.492. The van der Waals surface area contributed by atoms with E-state index in [1.54, 1.807) is 11.9 Å². The Morgan fingerprint density at radius 3 is 2.75 bits per heavy atom. The Balaban J connectivity index is 2.53. The first-order valence-electron chi connectivity index (χ1n) is 3.90. The van der Waals surface area contributed by atoms with Gasteiger partial charge in [0.2, 0.25) is 0 Å². The van der Waals surface area contributed by atoms with Crippen molar-refractivity contribution >= 4 is 23.0 Å². The maximum absolute atomic E-state index is 11.3. The average molecular weight is 187 g/mol. The lowest BCUT2D eigenvalue weighted by atomic mass is 10.6. The van der Waals surface area contributed by atoms with E-state index in [-0.39, 0.29) is 6.03 Å². The van der Waals surface area contributed by atoms with Crippen LogP contribution in [0, 0.1) is 5.41 Å². The number of urea groups is 1. The van der Waals surface area contributed by atoms with Crippen LogP contribution in [0.3, 0.4) is 0 Å². The van der Waals surface area contributed by atoms with Gasteiger partial charge in [-0.05, 0) is 5.75 Å². The van der Waals surface area contributed by atoms with Crippen LogP contribution in [0.5, 0.6) is 0 Å². The molecule has 0 aromatic carbocycles. The van der Waals surface area contributed by atoms with E-state index >= 15 is 0 Å². The number of carbonyl (C=O) groups is 1. The second-order valence-electron chi connectivity index (χ2n) is 2.59. The van der Waals surface area contributed by atoms with E-state index in [1.165, 1.54) is 16.7 Å². The van der Waals surface area contributed by atoms with Crippen molar-refractivity contribution in [1.82, 2.24) is 9.80 Å². The molecule has 1 N–H and O–H groups in total. The first kappa shape index (κ1) is 9.38. The van der Waals surface area contributed by atoms with Crippen molar-refractivity contribution in [3.63, 3.8) is 0 Å². The molecule has 0 bridgehead atoms. The molecule has 0 spiro atoms. The SMILES string of the molecule is CCSC(=N)N1CCN(C)C1=O. The van der Waals surface area contributed by atoms with Gasteiger partial charge in [0.15, 0.2) is 5.17 Å². The van der Waals surface area contributed by atoms with Gasteiger partial charge in [-0.25, -0.2) is 4.79 Å². The molecule has 1 heterocycles. The minimum atomic E-state index is -0.0547. The molecular weight excluding hydrogens is 174 g/mol. The molecule has 1 saturated heterocycles. The second-order valence-corrected chi connectivity index (χ2v) is 3.85. The van der Waals surface area contributed by atoms with Crippen LogP contribution >= 0.6 is 11.8 Å². The van der Waals surface area contributed by atoms with Crippen LogP contribution in [0.4, 0.5) is 4.79 Å². The summed E-state index contributed by atoms with van der Waals surface area (Å²) in [5.41, 5.74) is 0. The lowest BCUT2D eigenvalue weighted by molar-refractivity contribution is 0.213. The highest BCUT2D eigenvalue weighted by atomic mass is 32.2. The molecule has 0 aromatic rings. The maximum atomic E-state index is 11.3. The van der Waals surface area contributed by atoms with Crippen molar-refractivity contribution < 1.29 is 4.79 Å². The van der Waals surface area contributed by atoms with Crippen LogP contribution < -0.4 is 0 Å². The summed E-state index contributed by atoms with van der Waals surface area (Å²) < 4.78 is 0. The van der Waals surface area contributed by atoms with Crippen LogP contribution in [-0.4, -0.2) is 46.9 Å². The molecule has 4 nitrogen and oxygen atoms in total. The van der Waals surface area contributed by atoms with Gasteiger partial charge >= 0.3 is 6.03 Å². The monoisotopic (exact) mass is 187 g/mol. The zero-order valence-electron chi connectivity index (χ0n) is 7.33. The molecule has 5 heteroatoms. The molecule has 0 atom stereocenters. The van der Waals surface area contributed by atoms with Gasteiger partial charge in [0, 0.05) is 20.1 Å². The molecule has 0 radical (unpaired) electrons. The smallest absolute Gasteiger partial charge is 0.325 e. The molecule has 0 aliphatic carbocycles. The third-order valence-corrected chi connectivity index (χ3v) is 2.53. The number of nitrogens with one attached hydrogen (secondary N) is 1. The largest absolute Gasteiger partial charge is 0.326 e. The normalized spacial score (nSPS) is 17.3. The van der Waals surface area contributed by atoms with Gasteiger partial charge in [0.1, 0.15) is 0 Å². The van der Waals surface area contributed by atoms with E-state index in [2.05, 4.69) is 0 Å². The Bertz CT molecular complexity index is 207. The minimum Gasteiger partial charge on any atom is -0.326 e. The highest BCUT2D eigenvalue weighted by Gasteiger charge is 2.28. The number of carbonyl (C=O) groups excluding carboxylic acids is 1. The topological polar surface area (TPSA) is 47.4 Å². The molecule has 12 heavy (non-hydrogen) atoms. The van der Waals surface area contributed by atoms with E-state index in [9.17, 15) is 4.79 Å². The van der Waals surface area contributed by atoms with Crippen molar-refractivity contribution in [2.75, 3.05) is 25.9 Å². The highest BCUT2D eigenvalue weighted by Crippen LogP contribution is 2.13. The van der Waals surface area contributed by atoms with Gasteiger partial charge in [-0.2, -0.15) is 0 Å². The van der Waals surface area contributed by atoms with Gasteiger partial charge in [-0.15, -0.1) is 0 Å². The summed E-state index contributed by atoms with van der Waals surface area (Å²) in [6, 6.07) is -0.0547. The Morgan fingerprint density at radius 1 is 1.67 bits per heavy atom. The molecule has 1 aliphatic heterocycles. The number of amidine groups is 1. The van der Waals surface area contributed by atoms with E-state index in [4.69, 9.17) is 5.41 Å². The summed E-state index contributed by atoms with van der Waals surface area (Å²) in [6.07, 6.45) is 0. The van der Waals surface area contributed by atoms with E-state index in [1.807, 2.05) is 6.92 Å². The number of amides is 2. The number of hydrogen-bond donors (Lipinski definition) is 1. The fourth-order valence-corrected chi connectivity index (χ4v) is 1.65. The van der Waals surface area contributed by atoms with Crippen LogP contribution in [0.25, 0.3) is 0 Å². The van der Waals surface area contributed by atoms with Crippen LogP contribution in [0.15, 0.2) is 0 Å². The molecule has 0 unspecified atom stereocenters. The van der Waals surface area contributed by atoms with Crippen molar-refractivity contribution in [2.24, 2.45) is 0 Å². The Kier molecular flexibility index (Phi) is 2.97.